The van der Waals surface area contributed by atoms with Gasteiger partial charge in [-0.2, -0.15) is 11.8 Å². The van der Waals surface area contributed by atoms with Crippen molar-refractivity contribution in [2.45, 2.75) is 90.0 Å². The molecule has 1 saturated heterocycles. The van der Waals surface area contributed by atoms with Crippen LogP contribution >= 0.6 is 11.8 Å². The zero-order chi connectivity index (χ0) is 38.0. The van der Waals surface area contributed by atoms with Gasteiger partial charge in [-0.25, -0.2) is 4.79 Å². The fraction of sp³-hybridized carbons (Fsp3) is 0.559. The van der Waals surface area contributed by atoms with Crippen LogP contribution in [0.2, 0.25) is 0 Å². The molecule has 1 fully saturated rings. The number of carboxylic acids is 1. The highest BCUT2D eigenvalue weighted by Gasteiger charge is 2.48. The van der Waals surface area contributed by atoms with E-state index in [9.17, 15) is 34.8 Å². The summed E-state index contributed by atoms with van der Waals surface area (Å²) >= 11 is 1.82. The number of aliphatic hydroxyl groups is 3. The van der Waals surface area contributed by atoms with Crippen LogP contribution in [0.5, 0.6) is 5.75 Å². The van der Waals surface area contributed by atoms with Gasteiger partial charge in [0.1, 0.15) is 43.2 Å². The highest BCUT2D eigenvalue weighted by atomic mass is 32.2. The molecule has 52 heavy (non-hydrogen) atoms. The summed E-state index contributed by atoms with van der Waals surface area (Å²) in [6, 6.07) is 4.05. The summed E-state index contributed by atoms with van der Waals surface area (Å²) in [5.74, 6) is -2.42. The van der Waals surface area contributed by atoms with Gasteiger partial charge in [0.05, 0.1) is 25.0 Å². The number of rotatable bonds is 22. The molecule has 0 unspecified atom stereocenters. The Balaban J connectivity index is 1.42. The molecule has 2 radical (unpaired) electrons. The number of hydrogen-bond donors (Lipinski definition) is 5. The lowest BCUT2D eigenvalue weighted by Crippen LogP contribution is -2.61. The Labute approximate surface area is 307 Å². The van der Waals surface area contributed by atoms with Crippen molar-refractivity contribution in [3.05, 3.63) is 64.5 Å². The molecule has 0 spiro atoms. The maximum Gasteiger partial charge on any atom is 0.335 e. The van der Waals surface area contributed by atoms with Crippen LogP contribution in [0.1, 0.15) is 61.1 Å². The fourth-order valence-electron chi connectivity index (χ4n) is 4.98. The average molecular weight is 747 g/mol. The van der Waals surface area contributed by atoms with Crippen molar-refractivity contribution in [3.63, 3.8) is 0 Å². The van der Waals surface area contributed by atoms with Gasteiger partial charge in [-0.05, 0) is 63.5 Å². The topological polar surface area (TPSA) is 221 Å². The molecule has 3 rings (SSSR count). The first-order valence-corrected chi connectivity index (χ1v) is 18.1. The van der Waals surface area contributed by atoms with E-state index in [-0.39, 0.29) is 44.5 Å². The lowest BCUT2D eigenvalue weighted by atomic mass is 9.99. The van der Waals surface area contributed by atoms with E-state index < -0.39 is 48.5 Å². The monoisotopic (exact) mass is 746 g/mol. The summed E-state index contributed by atoms with van der Waals surface area (Å²) in [5.41, 5.74) is 3.67. The Bertz CT molecular complexity index is 1520. The second kappa shape index (κ2) is 22.3. The number of allylic oxidation sites excluding steroid dienone is 3. The molecule has 2 aromatic rings. The van der Waals surface area contributed by atoms with Gasteiger partial charge in [-0.1, -0.05) is 34.6 Å². The zero-order valence-corrected chi connectivity index (χ0v) is 30.3. The van der Waals surface area contributed by atoms with Crippen LogP contribution in [0.3, 0.4) is 0 Å². The molecule has 0 bridgehead atoms. The Hall–Kier alpha value is -3.78. The fourth-order valence-corrected chi connectivity index (χ4v) is 5.43. The number of ether oxygens (including phenoxy) is 5. The molecule has 1 aromatic carbocycles. The second-order valence-corrected chi connectivity index (χ2v) is 13.0. The molecule has 284 valence electrons. The van der Waals surface area contributed by atoms with Crippen LogP contribution in [-0.4, -0.2) is 124 Å². The molecule has 1 amide bonds. The van der Waals surface area contributed by atoms with Crippen LogP contribution < -0.4 is 10.1 Å². The Kier molecular flexibility index (Phi) is 18.3. The van der Waals surface area contributed by atoms with Crippen molar-refractivity contribution in [1.29, 1.82) is 0 Å². The van der Waals surface area contributed by atoms with E-state index in [1.165, 1.54) is 29.3 Å². The van der Waals surface area contributed by atoms with Crippen molar-refractivity contribution in [2.24, 2.45) is 0 Å². The molecular formula is C34H47BN4O12S. The molecule has 18 heteroatoms. The summed E-state index contributed by atoms with van der Waals surface area (Å²) < 4.78 is 28.3. The number of nitrogens with zero attached hydrogens (tertiary/aromatic N) is 3. The Morgan fingerprint density at radius 2 is 1.83 bits per heavy atom. The number of amides is 1. The third kappa shape index (κ3) is 14.3. The van der Waals surface area contributed by atoms with Crippen LogP contribution in [0, 0.1) is 0 Å². The Morgan fingerprint density at radius 1 is 1.06 bits per heavy atom. The average Bonchev–Trinajstić information content (AvgIpc) is 3.56. The van der Waals surface area contributed by atoms with Gasteiger partial charge in [0, 0.05) is 18.8 Å². The standard InChI is InChI=1S/C34H47BN4O12S/c1-21(6-4-7-22(2)11-15-52-3)8-5-13-39-17-24(37-38-39)19-48-20-47-14-12-36-31(43)25-16-23(18-49-34(35)46)9-10-26(25)50-33-29(42)27(40)28(41)30(51-33)32(44)45/h6,9-11,16-17,27-30,33,40-42H,4-5,7-8,12-15,18-20H2,1-3H3,(H,36,43)(H,44,45)/b21-6+,22-11+/t27-,28-,29+,30-,33+/m0/s1. The molecule has 5 atom stereocenters. The van der Waals surface area contributed by atoms with E-state index in [2.05, 4.69) is 47.9 Å². The Morgan fingerprint density at radius 3 is 2.56 bits per heavy atom. The van der Waals surface area contributed by atoms with E-state index in [1.54, 1.807) is 4.68 Å². The van der Waals surface area contributed by atoms with E-state index in [4.69, 9.17) is 31.5 Å². The van der Waals surface area contributed by atoms with Crippen molar-refractivity contribution in [2.75, 3.05) is 32.0 Å². The highest BCUT2D eigenvalue weighted by Crippen LogP contribution is 2.28. The van der Waals surface area contributed by atoms with Crippen LogP contribution in [0.25, 0.3) is 0 Å². The minimum atomic E-state index is -1.93. The number of thioether (sulfide) groups is 1. The van der Waals surface area contributed by atoms with Crippen molar-refractivity contribution in [1.82, 2.24) is 20.3 Å². The first-order chi connectivity index (χ1) is 24.9. The van der Waals surface area contributed by atoms with Crippen LogP contribution in [0.4, 0.5) is 4.79 Å². The van der Waals surface area contributed by atoms with E-state index >= 15 is 0 Å². The molecule has 2 heterocycles. The number of aliphatic carboxylic acids is 1. The summed E-state index contributed by atoms with van der Waals surface area (Å²) in [4.78, 5) is 35.7. The highest BCUT2D eigenvalue weighted by molar-refractivity contribution is 7.98. The zero-order valence-electron chi connectivity index (χ0n) is 29.5. The van der Waals surface area contributed by atoms with E-state index in [0.29, 0.717) is 11.3 Å². The lowest BCUT2D eigenvalue weighted by Gasteiger charge is -2.38. The molecular weight excluding hydrogens is 699 g/mol. The van der Waals surface area contributed by atoms with Gasteiger partial charge in [-0.3, -0.25) is 14.3 Å². The number of benzene rings is 1. The number of carboxylic acid groups (broad SMARTS) is 1. The van der Waals surface area contributed by atoms with Gasteiger partial charge in [0.2, 0.25) is 20.0 Å². The molecule has 1 aromatic heterocycles. The molecule has 1 aliphatic rings. The smallest absolute Gasteiger partial charge is 0.335 e. The van der Waals surface area contributed by atoms with Crippen molar-refractivity contribution >= 4 is 37.4 Å². The van der Waals surface area contributed by atoms with Gasteiger partial charge < -0.3 is 49.4 Å². The second-order valence-electron chi connectivity index (χ2n) is 12.1. The van der Waals surface area contributed by atoms with Gasteiger partial charge in [-0.15, -0.1) is 5.10 Å². The number of carbonyl (C=O) groups is 3. The SMILES string of the molecule is [B]C(=O)OCc1ccc(O[C@@H]2O[C@H](C(=O)O)[C@@H](O)[C@H](O)[C@H]2O)c(C(=O)NCCOCOCc2cn(CCC/C(C)=C/CC/C(C)=C/CSC)nn2)c1. The van der Waals surface area contributed by atoms with E-state index in [0.717, 1.165) is 38.0 Å². The number of aliphatic hydroxyl groups excluding tert-OH is 3. The summed E-state index contributed by atoms with van der Waals surface area (Å²) in [5, 5.41) is 50.7. The van der Waals surface area contributed by atoms with Gasteiger partial charge >= 0.3 is 5.97 Å². The van der Waals surface area contributed by atoms with Crippen LogP contribution in [-0.2, 0) is 43.5 Å². The predicted molar refractivity (Wildman–Crippen MR) is 190 cm³/mol. The number of carbonyl (C=O) groups excluding carboxylic acids is 2. The normalized spacial score (nSPS) is 20.8. The third-order valence-corrected chi connectivity index (χ3v) is 8.35. The number of aromatic nitrogens is 3. The van der Waals surface area contributed by atoms with E-state index in [1.807, 2.05) is 18.0 Å². The molecule has 16 nitrogen and oxygen atoms in total. The molecule has 0 aliphatic carbocycles. The third-order valence-electron chi connectivity index (χ3n) is 7.85. The number of aryl methyl sites for hydroxylation is 1. The number of hydrogen-bond acceptors (Lipinski definition) is 14. The first-order valence-electron chi connectivity index (χ1n) is 16.7. The molecule has 1 aliphatic heterocycles. The minimum Gasteiger partial charge on any atom is -0.479 e. The maximum atomic E-state index is 13.1. The maximum absolute atomic E-state index is 13.1. The summed E-state index contributed by atoms with van der Waals surface area (Å²) in [6.07, 6.45) is 3.18. The molecule has 0 saturated carbocycles. The van der Waals surface area contributed by atoms with Gasteiger partial charge in [0.25, 0.3) is 5.91 Å². The quantitative estimate of drug-likeness (QED) is 0.0504. The van der Waals surface area contributed by atoms with Gasteiger partial charge in [0.15, 0.2) is 6.10 Å². The van der Waals surface area contributed by atoms with Crippen molar-refractivity contribution < 1.29 is 58.5 Å². The predicted octanol–water partition coefficient (Wildman–Crippen LogP) is 2.09. The lowest BCUT2D eigenvalue weighted by molar-refractivity contribution is -0.271. The largest absolute Gasteiger partial charge is 0.479 e. The minimum absolute atomic E-state index is 0.0383. The van der Waals surface area contributed by atoms with Crippen molar-refractivity contribution in [3.8, 4) is 5.75 Å². The van der Waals surface area contributed by atoms with Crippen LogP contribution in [0.15, 0.2) is 47.7 Å². The summed E-state index contributed by atoms with van der Waals surface area (Å²) in [6.45, 7) is 4.99. The summed E-state index contributed by atoms with van der Waals surface area (Å²) in [7, 11) is 5.04. The number of nitrogens with one attached hydrogen (secondary N) is 1. The first kappa shape index (κ1) is 42.6. The molecule has 5 N–H and O–H groups in total.